The lowest BCUT2D eigenvalue weighted by atomic mass is 10.4. The molecule has 1 fully saturated rings. The third kappa shape index (κ3) is 3.05. The van der Waals surface area contributed by atoms with Crippen LogP contribution in [-0.4, -0.2) is 35.1 Å². The van der Waals surface area contributed by atoms with Crippen molar-refractivity contribution in [1.29, 1.82) is 0 Å². The lowest BCUT2D eigenvalue weighted by Gasteiger charge is -2.21. The van der Waals surface area contributed by atoms with Gasteiger partial charge in [0.05, 0.1) is 19.0 Å². The molecule has 0 aromatic carbocycles. The third-order valence-corrected chi connectivity index (χ3v) is 2.53. The number of nitrogen functional groups attached to an aromatic ring is 1. The van der Waals surface area contributed by atoms with Gasteiger partial charge in [-0.3, -0.25) is 9.78 Å². The molecule has 2 rings (SSSR count). The van der Waals surface area contributed by atoms with Crippen molar-refractivity contribution < 1.29 is 9.53 Å². The van der Waals surface area contributed by atoms with E-state index in [1.165, 1.54) is 6.20 Å². The molecule has 1 heterocycles. The molecule has 1 aliphatic carbocycles. The first-order valence-corrected chi connectivity index (χ1v) is 5.70. The summed E-state index contributed by atoms with van der Waals surface area (Å²) in [6.45, 7) is 2.39. The van der Waals surface area contributed by atoms with Gasteiger partial charge < -0.3 is 15.4 Å². The van der Waals surface area contributed by atoms with Gasteiger partial charge in [-0.15, -0.1) is 0 Å². The summed E-state index contributed by atoms with van der Waals surface area (Å²) < 4.78 is 4.94. The minimum absolute atomic E-state index is 0.205. The van der Waals surface area contributed by atoms with Crippen molar-refractivity contribution in [2.24, 2.45) is 0 Å². The molecule has 1 saturated carbocycles. The predicted molar refractivity (Wildman–Crippen MR) is 63.4 cm³/mol. The second-order valence-electron chi connectivity index (χ2n) is 3.97. The Hall–Kier alpha value is -1.85. The molecule has 0 aliphatic heterocycles. The molecule has 0 radical (unpaired) electrons. The Morgan fingerprint density at radius 3 is 2.94 bits per heavy atom. The maximum atomic E-state index is 11.5. The standard InChI is InChI=1S/C11H16N4O2/c1-2-17-11(16)7-15(8-3-4-8)10-6-13-5-9(12)14-10/h5-6,8H,2-4,7H2,1H3,(H2,12,14). The van der Waals surface area contributed by atoms with Crippen LogP contribution in [0.4, 0.5) is 11.6 Å². The molecule has 0 amide bonds. The fourth-order valence-corrected chi connectivity index (χ4v) is 1.64. The zero-order valence-corrected chi connectivity index (χ0v) is 9.80. The van der Waals surface area contributed by atoms with Crippen molar-refractivity contribution in [3.8, 4) is 0 Å². The van der Waals surface area contributed by atoms with Gasteiger partial charge in [-0.05, 0) is 19.8 Å². The molecule has 0 spiro atoms. The van der Waals surface area contributed by atoms with Gasteiger partial charge in [0.1, 0.15) is 18.2 Å². The summed E-state index contributed by atoms with van der Waals surface area (Å²) in [5, 5.41) is 0. The van der Waals surface area contributed by atoms with Gasteiger partial charge in [-0.1, -0.05) is 0 Å². The molecule has 92 valence electrons. The van der Waals surface area contributed by atoms with E-state index in [4.69, 9.17) is 10.5 Å². The fraction of sp³-hybridized carbons (Fsp3) is 0.545. The molecule has 0 unspecified atom stereocenters. The first kappa shape index (κ1) is 11.6. The highest BCUT2D eigenvalue weighted by Crippen LogP contribution is 2.30. The number of ether oxygens (including phenoxy) is 1. The van der Waals surface area contributed by atoms with Crippen LogP contribution in [-0.2, 0) is 9.53 Å². The molecule has 0 saturated heterocycles. The number of carbonyl (C=O) groups is 1. The molecule has 1 aromatic heterocycles. The van der Waals surface area contributed by atoms with Gasteiger partial charge in [0.25, 0.3) is 0 Å². The van der Waals surface area contributed by atoms with Crippen molar-refractivity contribution in [1.82, 2.24) is 9.97 Å². The molecule has 6 heteroatoms. The normalized spacial score (nSPS) is 14.4. The van der Waals surface area contributed by atoms with Gasteiger partial charge in [0.2, 0.25) is 0 Å². The molecule has 6 nitrogen and oxygen atoms in total. The van der Waals surface area contributed by atoms with Crippen LogP contribution in [0.25, 0.3) is 0 Å². The van der Waals surface area contributed by atoms with E-state index < -0.39 is 0 Å². The third-order valence-electron chi connectivity index (χ3n) is 2.53. The van der Waals surface area contributed by atoms with E-state index in [-0.39, 0.29) is 12.5 Å². The first-order valence-electron chi connectivity index (χ1n) is 5.70. The molecule has 0 bridgehead atoms. The number of rotatable bonds is 5. The summed E-state index contributed by atoms with van der Waals surface area (Å²) in [5.74, 6) is 0.751. The molecule has 2 N–H and O–H groups in total. The minimum atomic E-state index is -0.247. The van der Waals surface area contributed by atoms with Gasteiger partial charge >= 0.3 is 5.97 Å². The van der Waals surface area contributed by atoms with Gasteiger partial charge in [0.15, 0.2) is 0 Å². The van der Waals surface area contributed by atoms with Crippen molar-refractivity contribution in [2.45, 2.75) is 25.8 Å². The van der Waals surface area contributed by atoms with Crippen molar-refractivity contribution in [3.05, 3.63) is 12.4 Å². The van der Waals surface area contributed by atoms with Crippen LogP contribution in [0.2, 0.25) is 0 Å². The predicted octanol–water partition coefficient (Wildman–Crippen LogP) is 0.591. The van der Waals surface area contributed by atoms with E-state index in [0.29, 0.717) is 24.3 Å². The number of anilines is 2. The van der Waals surface area contributed by atoms with Crippen molar-refractivity contribution in [3.63, 3.8) is 0 Å². The number of nitrogens with zero attached hydrogens (tertiary/aromatic N) is 3. The first-order chi connectivity index (χ1) is 8.20. The summed E-state index contributed by atoms with van der Waals surface area (Å²) in [5.41, 5.74) is 5.59. The summed E-state index contributed by atoms with van der Waals surface area (Å²) in [6.07, 6.45) is 5.23. The quantitative estimate of drug-likeness (QED) is 0.753. The summed E-state index contributed by atoms with van der Waals surface area (Å²) in [4.78, 5) is 21.6. The lowest BCUT2D eigenvalue weighted by molar-refractivity contribution is -0.141. The Bertz CT molecular complexity index is 406. The Morgan fingerprint density at radius 1 is 1.59 bits per heavy atom. The zero-order valence-electron chi connectivity index (χ0n) is 9.80. The Kier molecular flexibility index (Phi) is 3.41. The highest BCUT2D eigenvalue weighted by atomic mass is 16.5. The molecule has 1 aromatic rings. The summed E-state index contributed by atoms with van der Waals surface area (Å²) in [7, 11) is 0. The highest BCUT2D eigenvalue weighted by Gasteiger charge is 2.32. The van der Waals surface area contributed by atoms with E-state index in [0.717, 1.165) is 12.8 Å². The van der Waals surface area contributed by atoms with Crippen molar-refractivity contribution >= 4 is 17.6 Å². The number of esters is 1. The van der Waals surface area contributed by atoms with E-state index in [1.807, 2.05) is 4.90 Å². The second kappa shape index (κ2) is 4.99. The molecular weight excluding hydrogens is 220 g/mol. The molecule has 0 atom stereocenters. The topological polar surface area (TPSA) is 81.3 Å². The highest BCUT2D eigenvalue weighted by molar-refractivity contribution is 5.75. The van der Waals surface area contributed by atoms with Gasteiger partial charge in [0, 0.05) is 6.04 Å². The monoisotopic (exact) mass is 236 g/mol. The minimum Gasteiger partial charge on any atom is -0.465 e. The number of nitrogens with two attached hydrogens (primary N) is 1. The average Bonchev–Trinajstić information content (AvgIpc) is 3.10. The lowest BCUT2D eigenvalue weighted by Crippen LogP contribution is -2.33. The summed E-state index contributed by atoms with van der Waals surface area (Å²) in [6, 6.07) is 0.357. The number of carbonyl (C=O) groups excluding carboxylic acids is 1. The van der Waals surface area contributed by atoms with E-state index >= 15 is 0 Å². The Labute approximate surface area is 99.8 Å². The van der Waals surface area contributed by atoms with E-state index in [9.17, 15) is 4.79 Å². The van der Waals surface area contributed by atoms with Crippen LogP contribution < -0.4 is 10.6 Å². The summed E-state index contributed by atoms with van der Waals surface area (Å²) >= 11 is 0. The van der Waals surface area contributed by atoms with Crippen LogP contribution in [0.15, 0.2) is 12.4 Å². The Morgan fingerprint density at radius 2 is 2.35 bits per heavy atom. The second-order valence-corrected chi connectivity index (χ2v) is 3.97. The van der Waals surface area contributed by atoms with Crippen LogP contribution in [0.5, 0.6) is 0 Å². The van der Waals surface area contributed by atoms with Crippen molar-refractivity contribution in [2.75, 3.05) is 23.8 Å². The number of hydrogen-bond acceptors (Lipinski definition) is 6. The number of hydrogen-bond donors (Lipinski definition) is 1. The maximum absolute atomic E-state index is 11.5. The van der Waals surface area contributed by atoms with E-state index in [1.54, 1.807) is 13.1 Å². The van der Waals surface area contributed by atoms with Crippen LogP contribution >= 0.6 is 0 Å². The van der Waals surface area contributed by atoms with E-state index in [2.05, 4.69) is 9.97 Å². The van der Waals surface area contributed by atoms with Crippen LogP contribution in [0, 0.1) is 0 Å². The van der Waals surface area contributed by atoms with Crippen LogP contribution in [0.3, 0.4) is 0 Å². The average molecular weight is 236 g/mol. The maximum Gasteiger partial charge on any atom is 0.325 e. The smallest absolute Gasteiger partial charge is 0.325 e. The molecule has 1 aliphatic rings. The Balaban J connectivity index is 2.09. The molecular formula is C11H16N4O2. The zero-order chi connectivity index (χ0) is 12.3. The van der Waals surface area contributed by atoms with Crippen LogP contribution in [0.1, 0.15) is 19.8 Å². The SMILES string of the molecule is CCOC(=O)CN(c1cncc(N)n1)C1CC1. The van der Waals surface area contributed by atoms with Gasteiger partial charge in [-0.25, -0.2) is 4.98 Å². The van der Waals surface area contributed by atoms with Gasteiger partial charge in [-0.2, -0.15) is 0 Å². The fourth-order valence-electron chi connectivity index (χ4n) is 1.64. The molecule has 17 heavy (non-hydrogen) atoms. The number of aromatic nitrogens is 2. The largest absolute Gasteiger partial charge is 0.465 e.